The molecule has 0 saturated heterocycles. The van der Waals surface area contributed by atoms with E-state index in [1.54, 1.807) is 0 Å². The smallest absolute Gasteiger partial charge is 0.0238 e. The van der Waals surface area contributed by atoms with E-state index in [0.29, 0.717) is 11.8 Å². The van der Waals surface area contributed by atoms with E-state index < -0.39 is 0 Å². The fraction of sp³-hybridized carbons (Fsp3) is 0.500. The first-order valence-corrected chi connectivity index (χ1v) is 5.63. The zero-order chi connectivity index (χ0) is 10.4. The summed E-state index contributed by atoms with van der Waals surface area (Å²) in [6.07, 6.45) is 1.94. The van der Waals surface area contributed by atoms with Crippen molar-refractivity contribution in [3.05, 3.63) is 35.9 Å². The lowest BCUT2D eigenvalue weighted by Crippen LogP contribution is -2.29. The van der Waals surface area contributed by atoms with Crippen molar-refractivity contribution in [1.29, 1.82) is 0 Å². The van der Waals surface area contributed by atoms with Crippen molar-refractivity contribution >= 4 is 11.6 Å². The Labute approximate surface area is 91.3 Å². The summed E-state index contributed by atoms with van der Waals surface area (Å²) >= 11 is 5.66. The maximum Gasteiger partial charge on any atom is 0.0238 e. The van der Waals surface area contributed by atoms with Gasteiger partial charge in [0.25, 0.3) is 0 Å². The van der Waals surface area contributed by atoms with Crippen LogP contribution in [0.25, 0.3) is 0 Å². The van der Waals surface area contributed by atoms with E-state index in [1.807, 2.05) is 6.07 Å². The molecule has 2 unspecified atom stereocenters. The van der Waals surface area contributed by atoms with Crippen molar-refractivity contribution in [2.24, 2.45) is 11.7 Å². The Morgan fingerprint density at radius 3 is 2.50 bits per heavy atom. The van der Waals surface area contributed by atoms with Gasteiger partial charge < -0.3 is 5.73 Å². The minimum atomic E-state index is 0.215. The number of hydrogen-bond acceptors (Lipinski definition) is 1. The van der Waals surface area contributed by atoms with Gasteiger partial charge in [-0.1, -0.05) is 37.3 Å². The molecule has 0 aliphatic heterocycles. The molecule has 0 aliphatic rings. The number of hydrogen-bond donors (Lipinski definition) is 1. The van der Waals surface area contributed by atoms with E-state index in [4.69, 9.17) is 17.3 Å². The number of nitrogens with two attached hydrogens (primary N) is 1. The van der Waals surface area contributed by atoms with E-state index in [1.165, 1.54) is 5.56 Å². The zero-order valence-electron chi connectivity index (χ0n) is 8.62. The first-order valence-electron chi connectivity index (χ1n) is 5.09. The summed E-state index contributed by atoms with van der Waals surface area (Å²) in [6, 6.07) is 10.7. The number of rotatable bonds is 5. The third-order valence-electron chi connectivity index (χ3n) is 2.57. The van der Waals surface area contributed by atoms with Crippen LogP contribution in [0, 0.1) is 5.92 Å². The fourth-order valence-corrected chi connectivity index (χ4v) is 1.80. The van der Waals surface area contributed by atoms with Crippen LogP contribution < -0.4 is 5.73 Å². The first kappa shape index (κ1) is 11.5. The van der Waals surface area contributed by atoms with Crippen molar-refractivity contribution in [1.82, 2.24) is 0 Å². The summed E-state index contributed by atoms with van der Waals surface area (Å²) in [5.74, 6) is 1.15. The fourth-order valence-electron chi connectivity index (χ4n) is 1.55. The third-order valence-corrected chi connectivity index (χ3v) is 2.79. The second-order valence-electron chi connectivity index (χ2n) is 3.81. The molecule has 0 fully saturated rings. The molecule has 78 valence electrons. The summed E-state index contributed by atoms with van der Waals surface area (Å²) in [5.41, 5.74) is 7.34. The van der Waals surface area contributed by atoms with Gasteiger partial charge in [-0.05, 0) is 24.3 Å². The summed E-state index contributed by atoms with van der Waals surface area (Å²) < 4.78 is 0. The largest absolute Gasteiger partial charge is 0.327 e. The molecular weight excluding hydrogens is 194 g/mol. The Morgan fingerprint density at radius 1 is 1.29 bits per heavy atom. The average molecular weight is 212 g/mol. The molecule has 1 rings (SSSR count). The van der Waals surface area contributed by atoms with Crippen LogP contribution in [0.3, 0.4) is 0 Å². The molecule has 2 atom stereocenters. The second kappa shape index (κ2) is 6.05. The lowest BCUT2D eigenvalue weighted by Gasteiger charge is -2.18. The first-order chi connectivity index (χ1) is 6.74. The van der Waals surface area contributed by atoms with E-state index in [2.05, 4.69) is 31.2 Å². The molecule has 0 aromatic heterocycles. The van der Waals surface area contributed by atoms with Gasteiger partial charge in [0.2, 0.25) is 0 Å². The monoisotopic (exact) mass is 211 g/mol. The van der Waals surface area contributed by atoms with Gasteiger partial charge in [-0.2, -0.15) is 0 Å². The molecule has 14 heavy (non-hydrogen) atoms. The van der Waals surface area contributed by atoms with Gasteiger partial charge in [0.15, 0.2) is 0 Å². The van der Waals surface area contributed by atoms with E-state index >= 15 is 0 Å². The molecule has 0 spiro atoms. The average Bonchev–Trinajstić information content (AvgIpc) is 2.19. The standard InChI is InChI=1S/C12H18ClN/c1-10(12(14)7-8-13)9-11-5-3-2-4-6-11/h2-6,10,12H,7-9,14H2,1H3. The van der Waals surface area contributed by atoms with Crippen LogP contribution >= 0.6 is 11.6 Å². The normalized spacial score (nSPS) is 15.1. The van der Waals surface area contributed by atoms with Crippen LogP contribution in [0.2, 0.25) is 0 Å². The highest BCUT2D eigenvalue weighted by molar-refractivity contribution is 6.17. The van der Waals surface area contributed by atoms with Crippen LogP contribution in [0.4, 0.5) is 0 Å². The Morgan fingerprint density at radius 2 is 1.93 bits per heavy atom. The summed E-state index contributed by atoms with van der Waals surface area (Å²) in [7, 11) is 0. The van der Waals surface area contributed by atoms with Crippen molar-refractivity contribution in [3.8, 4) is 0 Å². The van der Waals surface area contributed by atoms with Crippen LogP contribution in [0.15, 0.2) is 30.3 Å². The van der Waals surface area contributed by atoms with Crippen LogP contribution in [-0.4, -0.2) is 11.9 Å². The van der Waals surface area contributed by atoms with Crippen molar-refractivity contribution in [2.75, 3.05) is 5.88 Å². The number of halogens is 1. The summed E-state index contributed by atoms with van der Waals surface area (Å²) in [4.78, 5) is 0. The minimum absolute atomic E-state index is 0.215. The van der Waals surface area contributed by atoms with E-state index in [0.717, 1.165) is 12.8 Å². The highest BCUT2D eigenvalue weighted by Crippen LogP contribution is 2.13. The predicted octanol–water partition coefficient (Wildman–Crippen LogP) is 2.82. The molecule has 0 bridgehead atoms. The third kappa shape index (κ3) is 3.69. The Hall–Kier alpha value is -0.530. The van der Waals surface area contributed by atoms with E-state index in [9.17, 15) is 0 Å². The Balaban J connectivity index is 2.44. The Kier molecular flexibility index (Phi) is 4.99. The molecule has 2 heteroatoms. The SMILES string of the molecule is CC(Cc1ccccc1)C(N)CCCl. The van der Waals surface area contributed by atoms with Crippen LogP contribution in [-0.2, 0) is 6.42 Å². The number of benzene rings is 1. The Bertz CT molecular complexity index is 248. The van der Waals surface area contributed by atoms with E-state index in [-0.39, 0.29) is 6.04 Å². The van der Waals surface area contributed by atoms with Crippen molar-refractivity contribution in [2.45, 2.75) is 25.8 Å². The van der Waals surface area contributed by atoms with Gasteiger partial charge in [-0.15, -0.1) is 11.6 Å². The van der Waals surface area contributed by atoms with Gasteiger partial charge in [0.1, 0.15) is 0 Å². The molecular formula is C12H18ClN. The van der Waals surface area contributed by atoms with Gasteiger partial charge in [0, 0.05) is 11.9 Å². The summed E-state index contributed by atoms with van der Waals surface area (Å²) in [6.45, 7) is 2.18. The predicted molar refractivity (Wildman–Crippen MR) is 62.6 cm³/mol. The molecule has 2 N–H and O–H groups in total. The molecule has 0 aliphatic carbocycles. The maximum absolute atomic E-state index is 5.99. The van der Waals surface area contributed by atoms with Gasteiger partial charge in [-0.3, -0.25) is 0 Å². The quantitative estimate of drug-likeness (QED) is 0.745. The molecule has 0 heterocycles. The van der Waals surface area contributed by atoms with Gasteiger partial charge in [-0.25, -0.2) is 0 Å². The minimum Gasteiger partial charge on any atom is -0.327 e. The van der Waals surface area contributed by atoms with Gasteiger partial charge in [0.05, 0.1) is 0 Å². The molecule has 1 nitrogen and oxygen atoms in total. The zero-order valence-corrected chi connectivity index (χ0v) is 9.37. The topological polar surface area (TPSA) is 26.0 Å². The molecule has 0 saturated carbocycles. The van der Waals surface area contributed by atoms with Crippen molar-refractivity contribution < 1.29 is 0 Å². The molecule has 1 aromatic rings. The lowest BCUT2D eigenvalue weighted by atomic mass is 9.93. The highest BCUT2D eigenvalue weighted by atomic mass is 35.5. The summed E-state index contributed by atoms with van der Waals surface area (Å²) in [5, 5.41) is 0. The van der Waals surface area contributed by atoms with Crippen LogP contribution in [0.5, 0.6) is 0 Å². The molecule has 0 amide bonds. The lowest BCUT2D eigenvalue weighted by molar-refractivity contribution is 0.444. The highest BCUT2D eigenvalue weighted by Gasteiger charge is 2.12. The molecule has 1 aromatic carbocycles. The van der Waals surface area contributed by atoms with Crippen molar-refractivity contribution in [3.63, 3.8) is 0 Å². The maximum atomic E-state index is 5.99. The van der Waals surface area contributed by atoms with Gasteiger partial charge >= 0.3 is 0 Å². The van der Waals surface area contributed by atoms with Crippen LogP contribution in [0.1, 0.15) is 18.9 Å². The number of alkyl halides is 1. The second-order valence-corrected chi connectivity index (χ2v) is 4.19. The molecule has 0 radical (unpaired) electrons.